The summed E-state index contributed by atoms with van der Waals surface area (Å²) in [5.74, 6) is -1.11. The molecule has 114 valence electrons. The van der Waals surface area contributed by atoms with Gasteiger partial charge in [-0.05, 0) is 12.8 Å². The first kappa shape index (κ1) is 16.3. The van der Waals surface area contributed by atoms with Crippen LogP contribution in [0.4, 0.5) is 0 Å². The second kappa shape index (κ2) is 8.45. The maximum Gasteiger partial charge on any atom is 0.326 e. The van der Waals surface area contributed by atoms with E-state index in [1.807, 2.05) is 0 Å². The van der Waals surface area contributed by atoms with Crippen molar-refractivity contribution < 1.29 is 14.7 Å². The van der Waals surface area contributed by atoms with Gasteiger partial charge in [0.2, 0.25) is 5.91 Å². The van der Waals surface area contributed by atoms with Crippen LogP contribution in [0.3, 0.4) is 0 Å². The molecule has 0 aliphatic carbocycles. The fourth-order valence-corrected chi connectivity index (χ4v) is 2.10. The number of aliphatic carboxylic acids is 1. The van der Waals surface area contributed by atoms with E-state index >= 15 is 0 Å². The number of carboxylic acid groups (broad SMARTS) is 1. The SMILES string of the molecule is CCCCCN1C=CN(C)C1.O=C1CC[C@@H](C(=O)O)N1. The lowest BCUT2D eigenvalue weighted by atomic mass is 10.2. The van der Waals surface area contributed by atoms with Crippen LogP contribution in [0.5, 0.6) is 0 Å². The van der Waals surface area contributed by atoms with Gasteiger partial charge in [0.05, 0.1) is 6.67 Å². The standard InChI is InChI=1S/C9H18N2.C5H7NO3/c1-3-4-5-6-11-8-7-10(2)9-11;7-4-2-1-3(6-4)5(8)9/h7-8H,3-6,9H2,1-2H3;3H,1-2H2,(H,6,7)(H,8,9)/t;3-/m.0/s1. The molecular weight excluding hydrogens is 258 g/mol. The van der Waals surface area contributed by atoms with Gasteiger partial charge in [-0.1, -0.05) is 19.8 Å². The number of amides is 1. The highest BCUT2D eigenvalue weighted by molar-refractivity contribution is 5.87. The van der Waals surface area contributed by atoms with Crippen molar-refractivity contribution in [1.29, 1.82) is 0 Å². The van der Waals surface area contributed by atoms with E-state index in [4.69, 9.17) is 5.11 Å². The molecule has 2 N–H and O–H groups in total. The van der Waals surface area contributed by atoms with Crippen molar-refractivity contribution in [2.45, 2.75) is 45.1 Å². The lowest BCUT2D eigenvalue weighted by Crippen LogP contribution is -2.32. The molecule has 1 amide bonds. The Kier molecular flexibility index (Phi) is 6.90. The molecule has 1 saturated heterocycles. The molecule has 0 bridgehead atoms. The van der Waals surface area contributed by atoms with Gasteiger partial charge in [-0.15, -0.1) is 0 Å². The first-order chi connectivity index (χ1) is 9.52. The van der Waals surface area contributed by atoms with Crippen LogP contribution in [0.15, 0.2) is 12.4 Å². The number of carbonyl (C=O) groups excluding carboxylic acids is 1. The fourth-order valence-electron chi connectivity index (χ4n) is 2.10. The van der Waals surface area contributed by atoms with E-state index in [0.717, 1.165) is 6.67 Å². The number of nitrogens with zero attached hydrogens (tertiary/aromatic N) is 2. The predicted molar refractivity (Wildman–Crippen MR) is 76.8 cm³/mol. The Labute approximate surface area is 120 Å². The van der Waals surface area contributed by atoms with Crippen molar-refractivity contribution in [1.82, 2.24) is 15.1 Å². The van der Waals surface area contributed by atoms with Crippen molar-refractivity contribution in [3.05, 3.63) is 12.4 Å². The van der Waals surface area contributed by atoms with E-state index in [-0.39, 0.29) is 5.91 Å². The third kappa shape index (κ3) is 5.95. The second-order valence-electron chi connectivity index (χ2n) is 5.21. The molecule has 0 spiro atoms. The molecule has 6 nitrogen and oxygen atoms in total. The number of nitrogens with one attached hydrogen (secondary N) is 1. The monoisotopic (exact) mass is 283 g/mol. The Morgan fingerprint density at radius 1 is 1.45 bits per heavy atom. The van der Waals surface area contributed by atoms with Gasteiger partial charge < -0.3 is 20.2 Å². The summed E-state index contributed by atoms with van der Waals surface area (Å²) in [6.45, 7) is 4.53. The van der Waals surface area contributed by atoms with Crippen LogP contribution in [0.1, 0.15) is 39.0 Å². The molecule has 0 aromatic heterocycles. The Morgan fingerprint density at radius 2 is 2.20 bits per heavy atom. The molecule has 2 heterocycles. The zero-order chi connectivity index (χ0) is 15.0. The van der Waals surface area contributed by atoms with Gasteiger partial charge in [-0.2, -0.15) is 0 Å². The highest BCUT2D eigenvalue weighted by Crippen LogP contribution is 2.06. The average molecular weight is 283 g/mol. The van der Waals surface area contributed by atoms with Gasteiger partial charge in [0, 0.05) is 32.4 Å². The highest BCUT2D eigenvalue weighted by atomic mass is 16.4. The van der Waals surface area contributed by atoms with Gasteiger partial charge in [-0.25, -0.2) is 4.79 Å². The third-order valence-electron chi connectivity index (χ3n) is 3.28. The Morgan fingerprint density at radius 3 is 2.60 bits per heavy atom. The zero-order valence-corrected chi connectivity index (χ0v) is 12.3. The number of carbonyl (C=O) groups is 2. The highest BCUT2D eigenvalue weighted by Gasteiger charge is 2.26. The molecular formula is C14H25N3O3. The fraction of sp³-hybridized carbons (Fsp3) is 0.714. The van der Waals surface area contributed by atoms with Crippen LogP contribution in [-0.2, 0) is 9.59 Å². The van der Waals surface area contributed by atoms with Crippen LogP contribution in [0.2, 0.25) is 0 Å². The molecule has 6 heteroatoms. The van der Waals surface area contributed by atoms with Gasteiger partial charge in [0.15, 0.2) is 0 Å². The first-order valence-corrected chi connectivity index (χ1v) is 7.17. The van der Waals surface area contributed by atoms with Crippen LogP contribution < -0.4 is 5.32 Å². The van der Waals surface area contributed by atoms with Crippen molar-refractivity contribution >= 4 is 11.9 Å². The summed E-state index contributed by atoms with van der Waals surface area (Å²) < 4.78 is 0. The lowest BCUT2D eigenvalue weighted by molar-refractivity contribution is -0.140. The smallest absolute Gasteiger partial charge is 0.326 e. The topological polar surface area (TPSA) is 72.9 Å². The summed E-state index contributed by atoms with van der Waals surface area (Å²) in [5.41, 5.74) is 0. The molecule has 2 aliphatic rings. The predicted octanol–water partition coefficient (Wildman–Crippen LogP) is 1.20. The Balaban J connectivity index is 0.000000204. The number of hydrogen-bond donors (Lipinski definition) is 2. The molecule has 0 aromatic carbocycles. The maximum atomic E-state index is 10.4. The summed E-state index contributed by atoms with van der Waals surface area (Å²) >= 11 is 0. The molecule has 1 fully saturated rings. The maximum absolute atomic E-state index is 10.4. The van der Waals surface area contributed by atoms with Crippen molar-refractivity contribution in [3.63, 3.8) is 0 Å². The molecule has 0 unspecified atom stereocenters. The second-order valence-corrected chi connectivity index (χ2v) is 5.21. The normalized spacial score (nSPS) is 20.7. The number of rotatable bonds is 5. The van der Waals surface area contributed by atoms with E-state index in [1.165, 1.54) is 25.8 Å². The van der Waals surface area contributed by atoms with Gasteiger partial charge in [0.1, 0.15) is 6.04 Å². The summed E-state index contributed by atoms with van der Waals surface area (Å²) in [6, 6.07) is -0.641. The van der Waals surface area contributed by atoms with E-state index in [2.05, 4.69) is 41.5 Å². The van der Waals surface area contributed by atoms with Crippen LogP contribution in [-0.4, -0.2) is 53.1 Å². The molecule has 0 aromatic rings. The van der Waals surface area contributed by atoms with E-state index in [1.54, 1.807) is 0 Å². The number of hydrogen-bond acceptors (Lipinski definition) is 4. The van der Waals surface area contributed by atoms with Crippen LogP contribution in [0, 0.1) is 0 Å². The summed E-state index contributed by atoms with van der Waals surface area (Å²) in [5, 5.41) is 10.6. The zero-order valence-electron chi connectivity index (χ0n) is 12.3. The third-order valence-corrected chi connectivity index (χ3v) is 3.28. The molecule has 2 rings (SSSR count). The Hall–Kier alpha value is -1.72. The Bertz CT molecular complexity index is 358. The van der Waals surface area contributed by atoms with Gasteiger partial charge in [-0.3, -0.25) is 4.79 Å². The van der Waals surface area contributed by atoms with Crippen LogP contribution in [0.25, 0.3) is 0 Å². The quantitative estimate of drug-likeness (QED) is 0.742. The summed E-state index contributed by atoms with van der Waals surface area (Å²) in [7, 11) is 2.11. The number of unbranched alkanes of at least 4 members (excludes halogenated alkanes) is 2. The summed E-state index contributed by atoms with van der Waals surface area (Å²) in [4.78, 5) is 25.1. The minimum Gasteiger partial charge on any atom is -0.480 e. The minimum atomic E-state index is -0.944. The molecule has 0 radical (unpaired) electrons. The minimum absolute atomic E-state index is 0.164. The van der Waals surface area contributed by atoms with Gasteiger partial charge in [0.25, 0.3) is 0 Å². The first-order valence-electron chi connectivity index (χ1n) is 7.17. The molecule has 0 saturated carbocycles. The van der Waals surface area contributed by atoms with Crippen molar-refractivity contribution in [2.75, 3.05) is 20.3 Å². The molecule has 20 heavy (non-hydrogen) atoms. The van der Waals surface area contributed by atoms with Crippen molar-refractivity contribution in [2.24, 2.45) is 0 Å². The largest absolute Gasteiger partial charge is 0.480 e. The van der Waals surface area contributed by atoms with Gasteiger partial charge >= 0.3 is 5.97 Å². The van der Waals surface area contributed by atoms with E-state index in [9.17, 15) is 9.59 Å². The average Bonchev–Trinajstić information content (AvgIpc) is 3.00. The van der Waals surface area contributed by atoms with Crippen LogP contribution >= 0.6 is 0 Å². The van der Waals surface area contributed by atoms with Crippen molar-refractivity contribution in [3.8, 4) is 0 Å². The molecule has 2 aliphatic heterocycles. The van der Waals surface area contributed by atoms with E-state index in [0.29, 0.717) is 12.8 Å². The van der Waals surface area contributed by atoms with E-state index < -0.39 is 12.0 Å². The molecule has 1 atom stereocenters. The number of carboxylic acids is 1. The lowest BCUT2D eigenvalue weighted by Gasteiger charge is -2.17. The summed E-state index contributed by atoms with van der Waals surface area (Å²) in [6.07, 6.45) is 9.07.